The van der Waals surface area contributed by atoms with E-state index in [-0.39, 0.29) is 5.89 Å². The molecule has 0 aliphatic rings. The Hall–Kier alpha value is -2.62. The number of anilines is 1. The van der Waals surface area contributed by atoms with E-state index in [0.717, 1.165) is 0 Å². The first-order valence-electron chi connectivity index (χ1n) is 5.30. The van der Waals surface area contributed by atoms with Crippen LogP contribution in [0.15, 0.2) is 58.3 Å². The van der Waals surface area contributed by atoms with Crippen molar-refractivity contribution in [2.24, 2.45) is 0 Å². The van der Waals surface area contributed by atoms with Gasteiger partial charge in [-0.25, -0.2) is 9.78 Å². The van der Waals surface area contributed by atoms with Crippen LogP contribution in [0.5, 0.6) is 0 Å². The number of hydrogen-bond acceptors (Lipinski definition) is 4. The van der Waals surface area contributed by atoms with E-state index in [1.807, 2.05) is 0 Å². The van der Waals surface area contributed by atoms with Crippen LogP contribution in [0.1, 0.15) is 5.89 Å². The van der Waals surface area contributed by atoms with Crippen LogP contribution in [0.4, 0.5) is 5.69 Å². The zero-order valence-electron chi connectivity index (χ0n) is 9.72. The minimum atomic E-state index is -0.462. The van der Waals surface area contributed by atoms with Gasteiger partial charge in [0.15, 0.2) is 0 Å². The third-order valence-corrected chi connectivity index (χ3v) is 2.41. The molecule has 1 aromatic heterocycles. The van der Waals surface area contributed by atoms with Gasteiger partial charge in [-0.1, -0.05) is 31.4 Å². The highest BCUT2D eigenvalue weighted by Crippen LogP contribution is 2.16. The third-order valence-electron chi connectivity index (χ3n) is 2.41. The van der Waals surface area contributed by atoms with Gasteiger partial charge in [0.1, 0.15) is 5.52 Å². The van der Waals surface area contributed by atoms with Crippen molar-refractivity contribution >= 4 is 22.7 Å². The SMILES string of the molecule is C=CC(=C)C=Cc1nc2c(N)cccc2c(=O)o1. The second kappa shape index (κ2) is 4.71. The molecule has 0 amide bonds. The molecule has 4 nitrogen and oxygen atoms in total. The molecule has 0 saturated heterocycles. The number of fused-ring (bicyclic) bond motifs is 1. The van der Waals surface area contributed by atoms with Crippen molar-refractivity contribution in [2.45, 2.75) is 0 Å². The number of allylic oxidation sites excluding steroid dienone is 3. The number of nitrogens with zero attached hydrogens (tertiary/aromatic N) is 1. The number of nitrogens with two attached hydrogens (primary N) is 1. The lowest BCUT2D eigenvalue weighted by molar-refractivity contribution is 0.490. The molecule has 0 unspecified atom stereocenters. The summed E-state index contributed by atoms with van der Waals surface area (Å²) >= 11 is 0. The highest BCUT2D eigenvalue weighted by atomic mass is 16.4. The fraction of sp³-hybridized carbons (Fsp3) is 0. The molecule has 4 heteroatoms. The lowest BCUT2D eigenvalue weighted by Crippen LogP contribution is -2.04. The van der Waals surface area contributed by atoms with E-state index >= 15 is 0 Å². The molecular formula is C14H12N2O2. The minimum absolute atomic E-state index is 0.188. The Morgan fingerprint density at radius 1 is 1.44 bits per heavy atom. The predicted molar refractivity (Wildman–Crippen MR) is 73.1 cm³/mol. The fourth-order valence-electron chi connectivity index (χ4n) is 1.45. The van der Waals surface area contributed by atoms with Crippen molar-refractivity contribution in [1.29, 1.82) is 0 Å². The maximum atomic E-state index is 11.7. The lowest BCUT2D eigenvalue weighted by Gasteiger charge is -2.00. The summed E-state index contributed by atoms with van der Waals surface area (Å²) in [4.78, 5) is 15.9. The zero-order chi connectivity index (χ0) is 13.1. The summed E-state index contributed by atoms with van der Waals surface area (Å²) in [6.07, 6.45) is 4.80. The minimum Gasteiger partial charge on any atom is -0.404 e. The van der Waals surface area contributed by atoms with Crippen molar-refractivity contribution in [3.05, 3.63) is 65.4 Å². The molecule has 18 heavy (non-hydrogen) atoms. The van der Waals surface area contributed by atoms with E-state index in [1.54, 1.807) is 36.4 Å². The normalized spacial score (nSPS) is 10.9. The Labute approximate surface area is 104 Å². The summed E-state index contributed by atoms with van der Waals surface area (Å²) in [7, 11) is 0. The first-order chi connectivity index (χ1) is 8.61. The molecule has 2 rings (SSSR count). The highest BCUT2D eigenvalue weighted by Gasteiger charge is 2.06. The van der Waals surface area contributed by atoms with Gasteiger partial charge in [0.05, 0.1) is 11.1 Å². The van der Waals surface area contributed by atoms with E-state index in [1.165, 1.54) is 0 Å². The smallest absolute Gasteiger partial charge is 0.347 e. The van der Waals surface area contributed by atoms with Gasteiger partial charge in [0.25, 0.3) is 0 Å². The number of nitrogen functional groups attached to an aromatic ring is 1. The second-order valence-corrected chi connectivity index (χ2v) is 3.70. The van der Waals surface area contributed by atoms with E-state index in [2.05, 4.69) is 18.1 Å². The van der Waals surface area contributed by atoms with Crippen LogP contribution in [-0.2, 0) is 0 Å². The molecule has 0 radical (unpaired) electrons. The molecule has 0 saturated carbocycles. The number of rotatable bonds is 3. The van der Waals surface area contributed by atoms with Crippen LogP contribution in [0.3, 0.4) is 0 Å². The Bertz CT molecular complexity index is 711. The van der Waals surface area contributed by atoms with Gasteiger partial charge in [0.2, 0.25) is 5.89 Å². The van der Waals surface area contributed by atoms with E-state index in [4.69, 9.17) is 10.2 Å². The average Bonchev–Trinajstić information content (AvgIpc) is 2.37. The van der Waals surface area contributed by atoms with Crippen LogP contribution < -0.4 is 11.4 Å². The Morgan fingerprint density at radius 3 is 2.94 bits per heavy atom. The monoisotopic (exact) mass is 240 g/mol. The first-order valence-corrected chi connectivity index (χ1v) is 5.30. The summed E-state index contributed by atoms with van der Waals surface area (Å²) < 4.78 is 5.06. The molecule has 1 aromatic carbocycles. The quantitative estimate of drug-likeness (QED) is 0.661. The Kier molecular flexibility index (Phi) is 3.10. The zero-order valence-corrected chi connectivity index (χ0v) is 9.72. The average molecular weight is 240 g/mol. The van der Waals surface area contributed by atoms with Gasteiger partial charge in [-0.2, -0.15) is 0 Å². The van der Waals surface area contributed by atoms with Gasteiger partial charge in [-0.15, -0.1) is 0 Å². The molecule has 2 aromatic rings. The number of aromatic nitrogens is 1. The molecule has 0 atom stereocenters. The molecule has 0 spiro atoms. The van der Waals surface area contributed by atoms with E-state index < -0.39 is 5.63 Å². The Morgan fingerprint density at radius 2 is 2.22 bits per heavy atom. The molecule has 90 valence electrons. The Balaban J connectivity index is 2.58. The second-order valence-electron chi connectivity index (χ2n) is 3.70. The summed E-state index contributed by atoms with van der Waals surface area (Å²) in [5.41, 5.74) is 6.89. The number of para-hydroxylation sites is 1. The summed E-state index contributed by atoms with van der Waals surface area (Å²) in [6, 6.07) is 5.00. The van der Waals surface area contributed by atoms with E-state index in [0.29, 0.717) is 22.2 Å². The van der Waals surface area contributed by atoms with Gasteiger partial charge >= 0.3 is 5.63 Å². The maximum Gasteiger partial charge on any atom is 0.347 e. The van der Waals surface area contributed by atoms with Crippen molar-refractivity contribution < 1.29 is 4.42 Å². The van der Waals surface area contributed by atoms with Crippen LogP contribution in [0.2, 0.25) is 0 Å². The first kappa shape index (κ1) is 11.9. The molecular weight excluding hydrogens is 228 g/mol. The standard InChI is InChI=1S/C14H12N2O2/c1-3-9(2)7-8-12-16-13-10(14(17)18-12)5-4-6-11(13)15/h3-8H,1-2,15H2. The van der Waals surface area contributed by atoms with Crippen molar-refractivity contribution in [3.8, 4) is 0 Å². The van der Waals surface area contributed by atoms with Gasteiger partial charge < -0.3 is 10.2 Å². The van der Waals surface area contributed by atoms with Gasteiger partial charge in [-0.3, -0.25) is 0 Å². The van der Waals surface area contributed by atoms with E-state index in [9.17, 15) is 4.79 Å². The number of hydrogen-bond donors (Lipinski definition) is 1. The fourth-order valence-corrected chi connectivity index (χ4v) is 1.45. The topological polar surface area (TPSA) is 69.1 Å². The molecule has 0 aliphatic heterocycles. The molecule has 0 aliphatic carbocycles. The third kappa shape index (κ3) is 2.22. The van der Waals surface area contributed by atoms with Crippen molar-refractivity contribution in [1.82, 2.24) is 4.98 Å². The predicted octanol–water partition coefficient (Wildman–Crippen LogP) is 2.53. The molecule has 1 heterocycles. The summed E-state index contributed by atoms with van der Waals surface area (Å²) in [6.45, 7) is 7.28. The van der Waals surface area contributed by atoms with Crippen LogP contribution in [0, 0.1) is 0 Å². The molecule has 0 fully saturated rings. The van der Waals surface area contributed by atoms with Crippen molar-refractivity contribution in [2.75, 3.05) is 5.73 Å². The number of benzene rings is 1. The molecule has 0 bridgehead atoms. The van der Waals surface area contributed by atoms with Crippen LogP contribution in [-0.4, -0.2) is 4.98 Å². The van der Waals surface area contributed by atoms with Gasteiger partial charge in [-0.05, 0) is 17.7 Å². The summed E-state index contributed by atoms with van der Waals surface area (Å²) in [5.74, 6) is 0.188. The lowest BCUT2D eigenvalue weighted by atomic mass is 10.2. The van der Waals surface area contributed by atoms with Crippen LogP contribution in [0.25, 0.3) is 17.0 Å². The van der Waals surface area contributed by atoms with Crippen LogP contribution >= 0.6 is 0 Å². The van der Waals surface area contributed by atoms with Gasteiger partial charge in [0, 0.05) is 6.08 Å². The maximum absolute atomic E-state index is 11.7. The summed E-state index contributed by atoms with van der Waals surface area (Å²) in [5, 5.41) is 0.370. The molecule has 2 N–H and O–H groups in total. The van der Waals surface area contributed by atoms with Crippen molar-refractivity contribution in [3.63, 3.8) is 0 Å². The largest absolute Gasteiger partial charge is 0.404 e. The highest BCUT2D eigenvalue weighted by molar-refractivity contribution is 5.88.